The fraction of sp³-hybridized carbons (Fsp3) is 0.235. The predicted octanol–water partition coefficient (Wildman–Crippen LogP) is 3.61. The highest BCUT2D eigenvalue weighted by molar-refractivity contribution is 7.80. The van der Waals surface area contributed by atoms with Crippen LogP contribution in [0.2, 0.25) is 0 Å². The zero-order valence-corrected chi connectivity index (χ0v) is 13.0. The quantitative estimate of drug-likeness (QED) is 0.724. The molecule has 0 radical (unpaired) electrons. The van der Waals surface area contributed by atoms with E-state index in [1.165, 1.54) is 16.3 Å². The number of furan rings is 1. The first-order valence-corrected chi connectivity index (χ1v) is 7.46. The number of thiocarbonyl (C=S) groups is 1. The van der Waals surface area contributed by atoms with Gasteiger partial charge >= 0.3 is 0 Å². The van der Waals surface area contributed by atoms with Crippen LogP contribution in [0.15, 0.2) is 46.9 Å². The number of benzene rings is 2. The van der Waals surface area contributed by atoms with Crippen molar-refractivity contribution in [3.63, 3.8) is 0 Å². The Hall–Kier alpha value is -2.07. The molecule has 1 aromatic heterocycles. The molecule has 0 amide bonds. The number of para-hydroxylation sites is 1. The van der Waals surface area contributed by atoms with Gasteiger partial charge in [-0.1, -0.05) is 24.3 Å². The standard InChI is InChI=1S/C17H18N2OS/c1-11(19-17(21)18-2)9-12-7-8-16-14(10-12)13-5-3-4-6-15(13)20-16/h3-8,10-11H,9H2,1-2H3,(H2,18,19,21)/t11-/m0/s1. The summed E-state index contributed by atoms with van der Waals surface area (Å²) in [6.07, 6.45) is 0.914. The smallest absolute Gasteiger partial charge is 0.166 e. The van der Waals surface area contributed by atoms with E-state index in [4.69, 9.17) is 16.6 Å². The van der Waals surface area contributed by atoms with E-state index in [1.807, 2.05) is 31.3 Å². The van der Waals surface area contributed by atoms with Crippen molar-refractivity contribution in [3.05, 3.63) is 48.0 Å². The maximum absolute atomic E-state index is 5.85. The molecule has 0 saturated heterocycles. The SMILES string of the molecule is CNC(=S)N[C@@H](C)Cc1ccc2oc3ccccc3c2c1. The van der Waals surface area contributed by atoms with Crippen molar-refractivity contribution in [2.75, 3.05) is 7.05 Å². The molecule has 1 heterocycles. The van der Waals surface area contributed by atoms with Crippen LogP contribution in [-0.4, -0.2) is 18.2 Å². The normalized spacial score (nSPS) is 12.5. The van der Waals surface area contributed by atoms with Gasteiger partial charge < -0.3 is 15.1 Å². The van der Waals surface area contributed by atoms with Crippen LogP contribution in [0, 0.1) is 0 Å². The van der Waals surface area contributed by atoms with Crippen LogP contribution < -0.4 is 10.6 Å². The molecule has 3 nitrogen and oxygen atoms in total. The first-order chi connectivity index (χ1) is 10.2. The highest BCUT2D eigenvalue weighted by Crippen LogP contribution is 2.29. The maximum atomic E-state index is 5.85. The molecule has 0 aliphatic heterocycles. The molecule has 0 aliphatic carbocycles. The Labute approximate surface area is 129 Å². The molecule has 4 heteroatoms. The summed E-state index contributed by atoms with van der Waals surface area (Å²) in [5.74, 6) is 0. The van der Waals surface area contributed by atoms with Crippen molar-refractivity contribution in [2.45, 2.75) is 19.4 Å². The van der Waals surface area contributed by atoms with Gasteiger partial charge in [0.1, 0.15) is 11.2 Å². The van der Waals surface area contributed by atoms with Crippen molar-refractivity contribution in [1.29, 1.82) is 0 Å². The molecular weight excluding hydrogens is 280 g/mol. The second-order valence-corrected chi connectivity index (χ2v) is 5.67. The molecule has 0 bridgehead atoms. The predicted molar refractivity (Wildman–Crippen MR) is 91.7 cm³/mol. The van der Waals surface area contributed by atoms with E-state index < -0.39 is 0 Å². The van der Waals surface area contributed by atoms with Crippen LogP contribution >= 0.6 is 12.2 Å². The van der Waals surface area contributed by atoms with Crippen LogP contribution in [-0.2, 0) is 6.42 Å². The summed E-state index contributed by atoms with van der Waals surface area (Å²) in [7, 11) is 1.83. The Balaban J connectivity index is 1.90. The van der Waals surface area contributed by atoms with Crippen molar-refractivity contribution in [3.8, 4) is 0 Å². The molecule has 0 unspecified atom stereocenters. The fourth-order valence-electron chi connectivity index (χ4n) is 2.60. The average molecular weight is 298 g/mol. The second-order valence-electron chi connectivity index (χ2n) is 5.26. The Morgan fingerprint density at radius 3 is 2.71 bits per heavy atom. The number of hydrogen-bond acceptors (Lipinski definition) is 2. The van der Waals surface area contributed by atoms with Gasteiger partial charge in [0.25, 0.3) is 0 Å². The summed E-state index contributed by atoms with van der Waals surface area (Å²) < 4.78 is 5.85. The largest absolute Gasteiger partial charge is 0.456 e. The van der Waals surface area contributed by atoms with Crippen LogP contribution in [0.5, 0.6) is 0 Å². The molecule has 1 atom stereocenters. The minimum absolute atomic E-state index is 0.278. The van der Waals surface area contributed by atoms with Gasteiger partial charge in [0.15, 0.2) is 5.11 Å². The highest BCUT2D eigenvalue weighted by atomic mass is 32.1. The molecule has 2 aromatic carbocycles. The van der Waals surface area contributed by atoms with E-state index in [0.717, 1.165) is 17.6 Å². The third-order valence-electron chi connectivity index (χ3n) is 3.59. The number of hydrogen-bond donors (Lipinski definition) is 2. The lowest BCUT2D eigenvalue weighted by Gasteiger charge is -2.15. The first-order valence-electron chi connectivity index (χ1n) is 7.06. The van der Waals surface area contributed by atoms with Gasteiger partial charge in [-0.25, -0.2) is 0 Å². The summed E-state index contributed by atoms with van der Waals surface area (Å²) in [5.41, 5.74) is 3.14. The van der Waals surface area contributed by atoms with Gasteiger partial charge in [-0.2, -0.15) is 0 Å². The fourth-order valence-corrected chi connectivity index (χ4v) is 2.80. The number of fused-ring (bicyclic) bond motifs is 3. The third-order valence-corrected chi connectivity index (χ3v) is 3.91. The minimum Gasteiger partial charge on any atom is -0.456 e. The van der Waals surface area contributed by atoms with Gasteiger partial charge in [-0.3, -0.25) is 0 Å². The molecule has 3 rings (SSSR count). The van der Waals surface area contributed by atoms with Gasteiger partial charge in [0, 0.05) is 23.9 Å². The lowest BCUT2D eigenvalue weighted by Crippen LogP contribution is -2.39. The molecule has 0 aliphatic rings. The third kappa shape index (κ3) is 2.85. The Morgan fingerprint density at radius 1 is 1.14 bits per heavy atom. The van der Waals surface area contributed by atoms with Gasteiger partial charge in [-0.15, -0.1) is 0 Å². The van der Waals surface area contributed by atoms with Crippen molar-refractivity contribution in [1.82, 2.24) is 10.6 Å². The minimum atomic E-state index is 0.278. The number of nitrogens with one attached hydrogen (secondary N) is 2. The number of rotatable bonds is 3. The highest BCUT2D eigenvalue weighted by Gasteiger charge is 2.09. The Kier molecular flexibility index (Phi) is 3.80. The summed E-state index contributed by atoms with van der Waals surface area (Å²) in [5, 5.41) is 9.21. The lowest BCUT2D eigenvalue weighted by molar-refractivity contribution is 0.653. The van der Waals surface area contributed by atoms with Crippen molar-refractivity contribution < 1.29 is 4.42 Å². The molecule has 0 fully saturated rings. The van der Waals surface area contributed by atoms with E-state index in [2.05, 4.69) is 35.8 Å². The van der Waals surface area contributed by atoms with E-state index >= 15 is 0 Å². The van der Waals surface area contributed by atoms with Crippen LogP contribution in [0.3, 0.4) is 0 Å². The van der Waals surface area contributed by atoms with E-state index in [-0.39, 0.29) is 6.04 Å². The van der Waals surface area contributed by atoms with Gasteiger partial charge in [-0.05, 0) is 49.3 Å². The Morgan fingerprint density at radius 2 is 1.90 bits per heavy atom. The van der Waals surface area contributed by atoms with Crippen molar-refractivity contribution >= 4 is 39.3 Å². The lowest BCUT2D eigenvalue weighted by atomic mass is 10.0. The van der Waals surface area contributed by atoms with E-state index in [0.29, 0.717) is 5.11 Å². The summed E-state index contributed by atoms with van der Waals surface area (Å²) >= 11 is 5.14. The molecule has 0 saturated carbocycles. The zero-order chi connectivity index (χ0) is 14.8. The maximum Gasteiger partial charge on any atom is 0.166 e. The first kappa shape index (κ1) is 13.9. The molecule has 2 N–H and O–H groups in total. The van der Waals surface area contributed by atoms with Gasteiger partial charge in [0.2, 0.25) is 0 Å². The van der Waals surface area contributed by atoms with Crippen LogP contribution in [0.4, 0.5) is 0 Å². The topological polar surface area (TPSA) is 37.2 Å². The summed E-state index contributed by atoms with van der Waals surface area (Å²) in [6.45, 7) is 2.13. The van der Waals surface area contributed by atoms with Crippen LogP contribution in [0.25, 0.3) is 21.9 Å². The van der Waals surface area contributed by atoms with E-state index in [1.54, 1.807) is 0 Å². The molecule has 108 valence electrons. The van der Waals surface area contributed by atoms with Gasteiger partial charge in [0.05, 0.1) is 0 Å². The molecule has 3 aromatic rings. The summed E-state index contributed by atoms with van der Waals surface area (Å²) in [6, 6.07) is 14.8. The second kappa shape index (κ2) is 5.74. The molecule has 0 spiro atoms. The van der Waals surface area contributed by atoms with Crippen molar-refractivity contribution in [2.24, 2.45) is 0 Å². The molecule has 21 heavy (non-hydrogen) atoms. The monoisotopic (exact) mass is 298 g/mol. The Bertz CT molecular complexity index is 794. The zero-order valence-electron chi connectivity index (χ0n) is 12.1. The average Bonchev–Trinajstić information content (AvgIpc) is 2.85. The molecular formula is C17H18N2OS. The van der Waals surface area contributed by atoms with Crippen LogP contribution in [0.1, 0.15) is 12.5 Å². The summed E-state index contributed by atoms with van der Waals surface area (Å²) in [4.78, 5) is 0. The van der Waals surface area contributed by atoms with E-state index in [9.17, 15) is 0 Å².